The maximum Gasteiger partial charge on any atom is 0.280 e. The van der Waals surface area contributed by atoms with E-state index in [0.717, 1.165) is 39.7 Å². The lowest BCUT2D eigenvalue weighted by Crippen LogP contribution is -2.18. The first kappa shape index (κ1) is 20.2. The number of hydrogen-bond acceptors (Lipinski definition) is 4. The summed E-state index contributed by atoms with van der Waals surface area (Å²) >= 11 is 5.09. The average Bonchev–Trinajstić information content (AvgIpc) is 3.02. The van der Waals surface area contributed by atoms with Crippen molar-refractivity contribution in [1.29, 1.82) is 0 Å². The number of carbonyl (C=O) groups is 1. The predicted molar refractivity (Wildman–Crippen MR) is 120 cm³/mol. The van der Waals surface area contributed by atoms with Gasteiger partial charge in [0.2, 0.25) is 0 Å². The molecule has 1 aromatic heterocycles. The molecule has 3 nitrogen and oxygen atoms in total. The Morgan fingerprint density at radius 2 is 2.00 bits per heavy atom. The first-order valence-corrected chi connectivity index (χ1v) is 12.3. The highest BCUT2D eigenvalue weighted by atomic mass is 32.2. The maximum atomic E-state index is 12.9. The van der Waals surface area contributed by atoms with Crippen molar-refractivity contribution in [3.8, 4) is 0 Å². The summed E-state index contributed by atoms with van der Waals surface area (Å²) in [6, 6.07) is 14.3. The number of fused-ring (bicyclic) bond motifs is 1. The minimum absolute atomic E-state index is 0.160. The number of thiazole rings is 1. The number of carbonyl (C=O) groups excluding carboxylic acids is 1. The smallest absolute Gasteiger partial charge is 0.280 e. The van der Waals surface area contributed by atoms with Gasteiger partial charge in [-0.25, -0.2) is 0 Å². The van der Waals surface area contributed by atoms with Crippen molar-refractivity contribution in [2.24, 2.45) is 4.99 Å². The normalized spacial score (nSPS) is 12.0. The maximum absolute atomic E-state index is 12.9. The van der Waals surface area contributed by atoms with Crippen LogP contribution in [0.3, 0.4) is 0 Å². The lowest BCUT2D eigenvalue weighted by atomic mass is 10.2. The molecule has 0 saturated carbocycles. The van der Waals surface area contributed by atoms with Crippen LogP contribution in [0.4, 0.5) is 0 Å². The van der Waals surface area contributed by atoms with Crippen molar-refractivity contribution < 1.29 is 4.79 Å². The summed E-state index contributed by atoms with van der Waals surface area (Å²) in [5, 5.41) is 0. The largest absolute Gasteiger partial charge is 0.316 e. The summed E-state index contributed by atoms with van der Waals surface area (Å²) in [4.78, 5) is 19.3. The van der Waals surface area contributed by atoms with Crippen LogP contribution in [-0.2, 0) is 13.0 Å². The zero-order chi connectivity index (χ0) is 19.2. The molecule has 0 radical (unpaired) electrons. The molecule has 0 aliphatic heterocycles. The Balaban J connectivity index is 2.10. The number of rotatable bonds is 7. The molecule has 1 amide bonds. The highest BCUT2D eigenvalue weighted by Crippen LogP contribution is 2.24. The molecule has 27 heavy (non-hydrogen) atoms. The van der Waals surface area contributed by atoms with Gasteiger partial charge in [-0.1, -0.05) is 43.4 Å². The van der Waals surface area contributed by atoms with Crippen molar-refractivity contribution in [3.63, 3.8) is 0 Å². The van der Waals surface area contributed by atoms with Gasteiger partial charge in [0.15, 0.2) is 4.80 Å². The zero-order valence-electron chi connectivity index (χ0n) is 15.9. The monoisotopic (exact) mass is 416 g/mol. The van der Waals surface area contributed by atoms with Crippen LogP contribution >= 0.6 is 34.9 Å². The minimum atomic E-state index is -0.160. The van der Waals surface area contributed by atoms with E-state index in [-0.39, 0.29) is 5.91 Å². The van der Waals surface area contributed by atoms with Gasteiger partial charge in [-0.05, 0) is 48.3 Å². The Morgan fingerprint density at radius 1 is 1.19 bits per heavy atom. The number of hydrogen-bond donors (Lipinski definition) is 0. The third-order valence-corrected chi connectivity index (χ3v) is 6.88. The van der Waals surface area contributed by atoms with Crippen LogP contribution < -0.4 is 4.80 Å². The fraction of sp³-hybridized carbons (Fsp3) is 0.333. The summed E-state index contributed by atoms with van der Waals surface area (Å²) in [5.74, 6) is 1.76. The highest BCUT2D eigenvalue weighted by molar-refractivity contribution is 7.99. The summed E-state index contributed by atoms with van der Waals surface area (Å²) < 4.78 is 3.38. The molecule has 2 aromatic carbocycles. The highest BCUT2D eigenvalue weighted by Gasteiger charge is 2.12. The summed E-state index contributed by atoms with van der Waals surface area (Å²) in [7, 11) is 0. The van der Waals surface area contributed by atoms with Gasteiger partial charge >= 0.3 is 0 Å². The van der Waals surface area contributed by atoms with Gasteiger partial charge < -0.3 is 4.57 Å². The van der Waals surface area contributed by atoms with Crippen molar-refractivity contribution in [3.05, 3.63) is 58.4 Å². The number of nitrogens with zero attached hydrogens (tertiary/aromatic N) is 2. The van der Waals surface area contributed by atoms with Gasteiger partial charge in [0.25, 0.3) is 5.91 Å². The van der Waals surface area contributed by atoms with E-state index < -0.39 is 0 Å². The van der Waals surface area contributed by atoms with Gasteiger partial charge in [-0.3, -0.25) is 4.79 Å². The topological polar surface area (TPSA) is 34.4 Å². The van der Waals surface area contributed by atoms with Crippen LogP contribution in [0.5, 0.6) is 0 Å². The third kappa shape index (κ3) is 4.68. The number of amides is 1. The van der Waals surface area contributed by atoms with Crippen LogP contribution in [0.1, 0.15) is 29.8 Å². The molecule has 0 spiro atoms. The molecule has 0 unspecified atom stereocenters. The molecular weight excluding hydrogens is 392 g/mol. The molecule has 0 saturated heterocycles. The van der Waals surface area contributed by atoms with Crippen LogP contribution in [0.2, 0.25) is 0 Å². The second-order valence-electron chi connectivity index (χ2n) is 6.03. The van der Waals surface area contributed by atoms with Gasteiger partial charge in [0.1, 0.15) is 0 Å². The summed E-state index contributed by atoms with van der Waals surface area (Å²) in [6.07, 6.45) is 3.11. The molecule has 0 bridgehead atoms. The molecule has 142 valence electrons. The standard InChI is InChI=1S/C21H24N2OS3/c1-4-15-10-11-17-19(14-15)27-21(23(17)12-13-25-3)22-20(24)16-8-6-7-9-18(16)26-5-2/h6-11,14H,4-5,12-13H2,1-3H3. The number of aromatic nitrogens is 1. The van der Waals surface area contributed by atoms with E-state index >= 15 is 0 Å². The van der Waals surface area contributed by atoms with Crippen molar-refractivity contribution in [2.45, 2.75) is 31.7 Å². The average molecular weight is 417 g/mol. The second-order valence-corrected chi connectivity index (χ2v) is 9.33. The molecule has 1 heterocycles. The van der Waals surface area contributed by atoms with Crippen LogP contribution in [0.25, 0.3) is 10.2 Å². The van der Waals surface area contributed by atoms with Crippen molar-refractivity contribution in [2.75, 3.05) is 17.8 Å². The number of benzene rings is 2. The molecule has 6 heteroatoms. The molecule has 0 aliphatic rings. The molecule has 0 fully saturated rings. The molecule has 0 aliphatic carbocycles. The SMILES string of the molecule is CCSc1ccccc1C(=O)N=c1sc2cc(CC)ccc2n1CCSC. The minimum Gasteiger partial charge on any atom is -0.316 e. The van der Waals surface area contributed by atoms with E-state index in [2.05, 4.69) is 47.9 Å². The van der Waals surface area contributed by atoms with E-state index in [1.165, 1.54) is 10.3 Å². The van der Waals surface area contributed by atoms with E-state index in [9.17, 15) is 4.79 Å². The van der Waals surface area contributed by atoms with E-state index in [0.29, 0.717) is 5.56 Å². The zero-order valence-corrected chi connectivity index (χ0v) is 18.3. The number of thioether (sulfide) groups is 2. The first-order chi connectivity index (χ1) is 13.2. The Kier molecular flexibility index (Phi) is 7.21. The lowest BCUT2D eigenvalue weighted by Gasteiger charge is -2.06. The Bertz CT molecular complexity index is 1000. The van der Waals surface area contributed by atoms with E-state index in [1.807, 2.05) is 24.3 Å². The van der Waals surface area contributed by atoms with Crippen molar-refractivity contribution in [1.82, 2.24) is 4.57 Å². The predicted octanol–water partition coefficient (Wildman–Crippen LogP) is 5.48. The molecular formula is C21H24N2OS3. The van der Waals surface area contributed by atoms with Crippen LogP contribution in [0, 0.1) is 0 Å². The fourth-order valence-electron chi connectivity index (χ4n) is 2.89. The van der Waals surface area contributed by atoms with E-state index in [4.69, 9.17) is 0 Å². The quantitative estimate of drug-likeness (QED) is 0.478. The lowest BCUT2D eigenvalue weighted by molar-refractivity contribution is 0.0995. The Labute approximate surface area is 172 Å². The summed E-state index contributed by atoms with van der Waals surface area (Å²) in [6.45, 7) is 5.11. The molecule has 0 N–H and O–H groups in total. The number of aryl methyl sites for hydroxylation is 2. The Hall–Kier alpha value is -1.50. The van der Waals surface area contributed by atoms with Gasteiger partial charge in [-0.2, -0.15) is 16.8 Å². The first-order valence-electron chi connectivity index (χ1n) is 9.10. The van der Waals surface area contributed by atoms with Gasteiger partial charge in [0, 0.05) is 17.2 Å². The second kappa shape index (κ2) is 9.62. The Morgan fingerprint density at radius 3 is 2.74 bits per heavy atom. The van der Waals surface area contributed by atoms with E-state index in [1.54, 1.807) is 34.9 Å². The fourth-order valence-corrected chi connectivity index (χ4v) is 5.17. The van der Waals surface area contributed by atoms with Gasteiger partial charge in [0.05, 0.1) is 15.8 Å². The molecule has 3 rings (SSSR count). The van der Waals surface area contributed by atoms with Gasteiger partial charge in [-0.15, -0.1) is 11.8 Å². The molecule has 3 aromatic rings. The summed E-state index contributed by atoms with van der Waals surface area (Å²) in [5.41, 5.74) is 3.16. The van der Waals surface area contributed by atoms with Crippen molar-refractivity contribution >= 4 is 51.0 Å². The van der Waals surface area contributed by atoms with Crippen LogP contribution in [0.15, 0.2) is 52.4 Å². The third-order valence-electron chi connectivity index (χ3n) is 4.29. The molecule has 0 atom stereocenters. The van der Waals surface area contributed by atoms with Crippen LogP contribution in [-0.4, -0.2) is 28.2 Å².